The summed E-state index contributed by atoms with van der Waals surface area (Å²) in [6.07, 6.45) is -1.08. The lowest BCUT2D eigenvalue weighted by Gasteiger charge is -2.03. The summed E-state index contributed by atoms with van der Waals surface area (Å²) in [4.78, 5) is 31.1. The summed E-state index contributed by atoms with van der Waals surface area (Å²) < 4.78 is 11.9. The zero-order chi connectivity index (χ0) is 12.4. The van der Waals surface area contributed by atoms with Crippen molar-refractivity contribution in [1.82, 2.24) is 0 Å². The van der Waals surface area contributed by atoms with E-state index in [0.717, 1.165) is 19.3 Å². The average molecular weight is 234 g/mol. The summed E-state index contributed by atoms with van der Waals surface area (Å²) in [5, 5.41) is 7.99. The molecule has 0 bridgehead atoms. The van der Waals surface area contributed by atoms with E-state index in [-0.39, 0.29) is 6.61 Å². The van der Waals surface area contributed by atoms with Crippen molar-refractivity contribution < 1.29 is 33.7 Å². The van der Waals surface area contributed by atoms with Crippen LogP contribution in [0.2, 0.25) is 0 Å². The summed E-state index contributed by atoms with van der Waals surface area (Å²) in [5.41, 5.74) is 0. The molecule has 92 valence electrons. The summed E-state index contributed by atoms with van der Waals surface area (Å²) in [6.45, 7) is 2.16. The first-order chi connectivity index (χ1) is 7.56. The predicted molar refractivity (Wildman–Crippen MR) is 51.1 cm³/mol. The van der Waals surface area contributed by atoms with Crippen molar-refractivity contribution in [2.75, 3.05) is 6.61 Å². The first-order valence-corrected chi connectivity index (χ1v) is 4.85. The number of rotatable bonds is 5. The average Bonchev–Trinajstić information content (AvgIpc) is 2.15. The Kier molecular flexibility index (Phi) is 7.56. The number of hydrogen-bond acceptors (Lipinski definition) is 6. The molecule has 0 saturated carbocycles. The number of carboxylic acid groups (broad SMARTS) is 1. The smallest absolute Gasteiger partial charge is 0.449 e. The highest BCUT2D eigenvalue weighted by Gasteiger charge is 2.16. The molecule has 1 N–H and O–H groups in total. The van der Waals surface area contributed by atoms with E-state index in [1.54, 1.807) is 0 Å². The number of ether oxygens (including phenoxy) is 3. The van der Waals surface area contributed by atoms with Crippen LogP contribution in [0, 0.1) is 0 Å². The number of unbranched alkanes of at least 4 members (excludes halogenated alkanes) is 3. The Hall–Kier alpha value is -1.79. The fourth-order valence-electron chi connectivity index (χ4n) is 0.874. The van der Waals surface area contributed by atoms with Crippen molar-refractivity contribution in [1.29, 1.82) is 0 Å². The van der Waals surface area contributed by atoms with Gasteiger partial charge in [-0.25, -0.2) is 14.4 Å². The fourth-order valence-corrected chi connectivity index (χ4v) is 0.874. The molecule has 7 nitrogen and oxygen atoms in total. The molecule has 0 aromatic rings. The third-order valence-electron chi connectivity index (χ3n) is 1.56. The van der Waals surface area contributed by atoms with Crippen LogP contribution < -0.4 is 0 Å². The van der Waals surface area contributed by atoms with Gasteiger partial charge in [-0.2, -0.15) is 0 Å². The summed E-state index contributed by atoms with van der Waals surface area (Å²) in [7, 11) is 0. The minimum absolute atomic E-state index is 0.124. The molecule has 0 aliphatic rings. The molecule has 0 saturated heterocycles. The summed E-state index contributed by atoms with van der Waals surface area (Å²) in [5.74, 6) is 0. The Morgan fingerprint density at radius 2 is 1.69 bits per heavy atom. The van der Waals surface area contributed by atoms with Gasteiger partial charge in [-0.1, -0.05) is 26.2 Å². The van der Waals surface area contributed by atoms with Crippen molar-refractivity contribution in [3.8, 4) is 0 Å². The summed E-state index contributed by atoms with van der Waals surface area (Å²) >= 11 is 0. The van der Waals surface area contributed by atoms with Crippen molar-refractivity contribution in [2.45, 2.75) is 32.6 Å². The van der Waals surface area contributed by atoms with Crippen LogP contribution in [0.3, 0.4) is 0 Å². The van der Waals surface area contributed by atoms with Crippen molar-refractivity contribution in [3.05, 3.63) is 0 Å². The van der Waals surface area contributed by atoms with Gasteiger partial charge in [-0.15, -0.1) is 0 Å². The second kappa shape index (κ2) is 8.51. The van der Waals surface area contributed by atoms with E-state index >= 15 is 0 Å². The molecule has 0 radical (unpaired) electrons. The van der Waals surface area contributed by atoms with Gasteiger partial charge in [0.2, 0.25) is 0 Å². The Balaban J connectivity index is 3.51. The third-order valence-corrected chi connectivity index (χ3v) is 1.56. The van der Waals surface area contributed by atoms with Crippen molar-refractivity contribution >= 4 is 18.5 Å². The molecule has 0 aromatic carbocycles. The Morgan fingerprint density at radius 1 is 1.00 bits per heavy atom. The maximum atomic E-state index is 10.7. The molecule has 0 aliphatic carbocycles. The second-order valence-electron chi connectivity index (χ2n) is 2.88. The van der Waals surface area contributed by atoms with Gasteiger partial charge < -0.3 is 19.3 Å². The van der Waals surface area contributed by atoms with Gasteiger partial charge in [0, 0.05) is 0 Å². The minimum Gasteiger partial charge on any atom is -0.449 e. The molecule has 0 atom stereocenters. The largest absolute Gasteiger partial charge is 0.528 e. The lowest BCUT2D eigenvalue weighted by atomic mass is 10.2. The lowest BCUT2D eigenvalue weighted by Crippen LogP contribution is -2.17. The molecule has 7 heteroatoms. The van der Waals surface area contributed by atoms with Gasteiger partial charge in [0.25, 0.3) is 0 Å². The second-order valence-corrected chi connectivity index (χ2v) is 2.88. The molecule has 16 heavy (non-hydrogen) atoms. The Bertz CT molecular complexity index is 248. The van der Waals surface area contributed by atoms with Gasteiger partial charge >= 0.3 is 18.5 Å². The zero-order valence-electron chi connectivity index (χ0n) is 8.93. The summed E-state index contributed by atoms with van der Waals surface area (Å²) in [6, 6.07) is 0. The van der Waals surface area contributed by atoms with Gasteiger partial charge in [-0.3, -0.25) is 0 Å². The standard InChI is InChI=1S/C9H14O7/c1-2-3-4-5-6-14-8(12)16-9(13)15-7(10)11/h2-6H2,1H3,(H,10,11). The van der Waals surface area contributed by atoms with Crippen LogP contribution in [0.1, 0.15) is 32.6 Å². The number of carbonyl (C=O) groups is 3. The SMILES string of the molecule is CCCCCCOC(=O)OC(=O)OC(=O)O. The van der Waals surface area contributed by atoms with Crippen molar-refractivity contribution in [2.24, 2.45) is 0 Å². The molecule has 0 heterocycles. The van der Waals surface area contributed by atoms with E-state index in [2.05, 4.69) is 14.2 Å². The monoisotopic (exact) mass is 234 g/mol. The zero-order valence-corrected chi connectivity index (χ0v) is 8.93. The molecule has 0 aromatic heterocycles. The molecule has 0 amide bonds. The van der Waals surface area contributed by atoms with Gasteiger partial charge in [-0.05, 0) is 6.42 Å². The first kappa shape index (κ1) is 14.2. The minimum atomic E-state index is -1.85. The van der Waals surface area contributed by atoms with Crippen LogP contribution >= 0.6 is 0 Å². The van der Waals surface area contributed by atoms with E-state index < -0.39 is 18.5 Å². The van der Waals surface area contributed by atoms with Crippen molar-refractivity contribution in [3.63, 3.8) is 0 Å². The van der Waals surface area contributed by atoms with Crippen LogP contribution in [0.25, 0.3) is 0 Å². The predicted octanol–water partition coefficient (Wildman–Crippen LogP) is 2.53. The quantitative estimate of drug-likeness (QED) is 0.443. The number of carbonyl (C=O) groups excluding carboxylic acids is 2. The highest BCUT2D eigenvalue weighted by Crippen LogP contribution is 2.00. The van der Waals surface area contributed by atoms with Gasteiger partial charge in [0.05, 0.1) is 6.61 Å². The van der Waals surface area contributed by atoms with E-state index in [0.29, 0.717) is 6.42 Å². The highest BCUT2D eigenvalue weighted by atomic mass is 16.8. The Morgan fingerprint density at radius 3 is 2.25 bits per heavy atom. The lowest BCUT2D eigenvalue weighted by molar-refractivity contribution is 0.0385. The maximum Gasteiger partial charge on any atom is 0.528 e. The van der Waals surface area contributed by atoms with E-state index in [9.17, 15) is 14.4 Å². The molecule has 0 fully saturated rings. The fraction of sp³-hybridized carbons (Fsp3) is 0.667. The molecule has 0 rings (SSSR count). The molecule has 0 unspecified atom stereocenters. The maximum absolute atomic E-state index is 10.7. The van der Waals surface area contributed by atoms with Crippen LogP contribution in [0.4, 0.5) is 14.4 Å². The van der Waals surface area contributed by atoms with Gasteiger partial charge in [0.1, 0.15) is 0 Å². The van der Waals surface area contributed by atoms with Crippen LogP contribution in [0.15, 0.2) is 0 Å². The first-order valence-electron chi connectivity index (χ1n) is 4.85. The van der Waals surface area contributed by atoms with E-state index in [1.165, 1.54) is 0 Å². The topological polar surface area (TPSA) is 99.1 Å². The third kappa shape index (κ3) is 8.79. The van der Waals surface area contributed by atoms with E-state index in [1.807, 2.05) is 6.92 Å². The van der Waals surface area contributed by atoms with Crippen LogP contribution in [0.5, 0.6) is 0 Å². The molecule has 0 spiro atoms. The molecule has 0 aliphatic heterocycles. The van der Waals surface area contributed by atoms with E-state index in [4.69, 9.17) is 5.11 Å². The molecular weight excluding hydrogens is 220 g/mol. The van der Waals surface area contributed by atoms with Crippen LogP contribution in [-0.2, 0) is 14.2 Å². The molecular formula is C9H14O7. The highest BCUT2D eigenvalue weighted by molar-refractivity contribution is 5.83. The normalized spacial score (nSPS) is 9.31. The number of hydrogen-bond donors (Lipinski definition) is 1. The Labute approximate surface area is 92.3 Å². The van der Waals surface area contributed by atoms with Gasteiger partial charge in [0.15, 0.2) is 0 Å². The van der Waals surface area contributed by atoms with Crippen LogP contribution in [-0.4, -0.2) is 30.2 Å².